The molecule has 21 heavy (non-hydrogen) atoms. The van der Waals surface area contributed by atoms with Gasteiger partial charge in [-0.3, -0.25) is 0 Å². The Labute approximate surface area is 123 Å². The third kappa shape index (κ3) is 5.17. The lowest BCUT2D eigenvalue weighted by Crippen LogP contribution is -2.36. The highest BCUT2D eigenvalue weighted by Gasteiger charge is 2.28. The first-order chi connectivity index (χ1) is 9.85. The average molecular weight is 296 g/mol. The van der Waals surface area contributed by atoms with E-state index in [1.807, 2.05) is 0 Å². The van der Waals surface area contributed by atoms with Gasteiger partial charge in [-0.25, -0.2) is 9.59 Å². The maximum Gasteiger partial charge on any atom is 0.334 e. The SMILES string of the molecule is C/C=C(\C)C(=O)O[C@H]1C=CC(=O)O[C@@H]1/C=C/[C@H](O)[C@H](C)O. The lowest BCUT2D eigenvalue weighted by Gasteiger charge is -2.25. The van der Waals surface area contributed by atoms with Crippen LogP contribution >= 0.6 is 0 Å². The molecule has 4 atom stereocenters. The van der Waals surface area contributed by atoms with Gasteiger partial charge in [0, 0.05) is 11.6 Å². The highest BCUT2D eigenvalue weighted by Crippen LogP contribution is 2.16. The van der Waals surface area contributed by atoms with Crippen LogP contribution in [0.25, 0.3) is 0 Å². The molecule has 1 aliphatic rings. The fraction of sp³-hybridized carbons (Fsp3) is 0.467. The molecule has 0 unspecified atom stereocenters. The first kappa shape index (κ1) is 17.1. The quantitative estimate of drug-likeness (QED) is 0.439. The van der Waals surface area contributed by atoms with Crippen molar-refractivity contribution in [1.82, 2.24) is 0 Å². The second kappa shape index (κ2) is 7.75. The number of aliphatic hydroxyl groups is 2. The van der Waals surface area contributed by atoms with Crippen LogP contribution < -0.4 is 0 Å². The number of rotatable bonds is 5. The van der Waals surface area contributed by atoms with Crippen LogP contribution in [0.4, 0.5) is 0 Å². The summed E-state index contributed by atoms with van der Waals surface area (Å²) in [4.78, 5) is 23.0. The molecule has 6 heteroatoms. The van der Waals surface area contributed by atoms with Crippen molar-refractivity contribution in [3.8, 4) is 0 Å². The lowest BCUT2D eigenvalue weighted by molar-refractivity contribution is -0.157. The zero-order chi connectivity index (χ0) is 16.0. The van der Waals surface area contributed by atoms with E-state index in [1.165, 1.54) is 31.2 Å². The van der Waals surface area contributed by atoms with Crippen molar-refractivity contribution in [1.29, 1.82) is 0 Å². The Hall–Kier alpha value is -1.92. The van der Waals surface area contributed by atoms with Crippen LogP contribution in [-0.2, 0) is 19.1 Å². The molecule has 0 aromatic heterocycles. The molecule has 0 aromatic carbocycles. The smallest absolute Gasteiger partial charge is 0.334 e. The number of carbonyl (C=O) groups is 2. The summed E-state index contributed by atoms with van der Waals surface area (Å²) >= 11 is 0. The van der Waals surface area contributed by atoms with Crippen LogP contribution in [0.2, 0.25) is 0 Å². The number of aliphatic hydroxyl groups excluding tert-OH is 2. The number of cyclic esters (lactones) is 1. The van der Waals surface area contributed by atoms with Crippen LogP contribution in [0.1, 0.15) is 20.8 Å². The zero-order valence-corrected chi connectivity index (χ0v) is 12.2. The van der Waals surface area contributed by atoms with Crippen LogP contribution in [0.15, 0.2) is 36.0 Å². The van der Waals surface area contributed by atoms with Gasteiger partial charge in [0.15, 0.2) is 12.2 Å². The molecule has 0 amide bonds. The fourth-order valence-electron chi connectivity index (χ4n) is 1.50. The van der Waals surface area contributed by atoms with Gasteiger partial charge < -0.3 is 19.7 Å². The number of carbonyl (C=O) groups excluding carboxylic acids is 2. The first-order valence-corrected chi connectivity index (χ1v) is 6.62. The number of ether oxygens (including phenoxy) is 2. The Kier molecular flexibility index (Phi) is 6.33. The van der Waals surface area contributed by atoms with Crippen LogP contribution in [0.5, 0.6) is 0 Å². The summed E-state index contributed by atoms with van der Waals surface area (Å²) in [5.74, 6) is -1.08. The van der Waals surface area contributed by atoms with Crippen molar-refractivity contribution in [3.63, 3.8) is 0 Å². The van der Waals surface area contributed by atoms with Gasteiger partial charge in [-0.05, 0) is 32.9 Å². The molecule has 0 aromatic rings. The van der Waals surface area contributed by atoms with Crippen molar-refractivity contribution in [2.24, 2.45) is 0 Å². The van der Waals surface area contributed by atoms with E-state index in [4.69, 9.17) is 9.47 Å². The highest BCUT2D eigenvalue weighted by molar-refractivity contribution is 5.88. The van der Waals surface area contributed by atoms with E-state index >= 15 is 0 Å². The topological polar surface area (TPSA) is 93.1 Å². The summed E-state index contributed by atoms with van der Waals surface area (Å²) in [7, 11) is 0. The second-order valence-electron chi connectivity index (χ2n) is 4.72. The van der Waals surface area contributed by atoms with Gasteiger partial charge in [0.05, 0.1) is 12.2 Å². The Balaban J connectivity index is 2.81. The van der Waals surface area contributed by atoms with E-state index in [0.717, 1.165) is 0 Å². The fourth-order valence-corrected chi connectivity index (χ4v) is 1.50. The average Bonchev–Trinajstić information content (AvgIpc) is 2.45. The summed E-state index contributed by atoms with van der Waals surface area (Å²) in [6.45, 7) is 4.75. The Bertz CT molecular complexity index is 475. The van der Waals surface area contributed by atoms with Crippen molar-refractivity contribution in [2.45, 2.75) is 45.2 Å². The summed E-state index contributed by atoms with van der Waals surface area (Å²) in [5, 5.41) is 18.7. The third-order valence-electron chi connectivity index (χ3n) is 2.99. The summed E-state index contributed by atoms with van der Waals surface area (Å²) in [6.07, 6.45) is 3.24. The van der Waals surface area contributed by atoms with Gasteiger partial charge in [0.25, 0.3) is 0 Å². The third-order valence-corrected chi connectivity index (χ3v) is 2.99. The predicted octanol–water partition coefficient (Wildman–Crippen LogP) is 0.644. The number of hydrogen-bond donors (Lipinski definition) is 2. The number of allylic oxidation sites excluding steroid dienone is 1. The van der Waals surface area contributed by atoms with Crippen LogP contribution in [0.3, 0.4) is 0 Å². The Morgan fingerprint density at radius 3 is 2.71 bits per heavy atom. The summed E-state index contributed by atoms with van der Waals surface area (Å²) in [6, 6.07) is 0. The van der Waals surface area contributed by atoms with Gasteiger partial charge in [-0.1, -0.05) is 12.2 Å². The van der Waals surface area contributed by atoms with Gasteiger partial charge in [0.2, 0.25) is 0 Å². The van der Waals surface area contributed by atoms with E-state index in [2.05, 4.69) is 0 Å². The molecule has 0 fully saturated rings. The van der Waals surface area contributed by atoms with Gasteiger partial charge in [-0.15, -0.1) is 0 Å². The van der Waals surface area contributed by atoms with Crippen LogP contribution in [-0.4, -0.2) is 46.6 Å². The standard InChI is InChI=1S/C15H20O6/c1-4-9(2)15(19)21-13-7-8-14(18)20-12(13)6-5-11(17)10(3)16/h4-8,10-13,16-17H,1-3H3/b6-5+,9-4+/t10-,11-,12+,13-/m0/s1. The molecular weight excluding hydrogens is 276 g/mol. The highest BCUT2D eigenvalue weighted by atomic mass is 16.6. The normalized spacial score (nSPS) is 25.6. The summed E-state index contributed by atoms with van der Waals surface area (Å²) in [5.41, 5.74) is 0.437. The molecule has 0 radical (unpaired) electrons. The van der Waals surface area contributed by atoms with Crippen LogP contribution in [0, 0.1) is 0 Å². The summed E-state index contributed by atoms with van der Waals surface area (Å²) < 4.78 is 10.3. The molecule has 1 rings (SSSR count). The van der Waals surface area contributed by atoms with E-state index in [0.29, 0.717) is 5.57 Å². The van der Waals surface area contributed by atoms with Crippen molar-refractivity contribution in [2.75, 3.05) is 0 Å². The molecule has 6 nitrogen and oxygen atoms in total. The monoisotopic (exact) mass is 296 g/mol. The molecule has 0 saturated heterocycles. The molecule has 0 spiro atoms. The van der Waals surface area contributed by atoms with Gasteiger partial charge >= 0.3 is 11.9 Å². The molecule has 1 heterocycles. The Morgan fingerprint density at radius 1 is 1.48 bits per heavy atom. The lowest BCUT2D eigenvalue weighted by atomic mass is 10.1. The Morgan fingerprint density at radius 2 is 2.14 bits per heavy atom. The van der Waals surface area contributed by atoms with E-state index in [-0.39, 0.29) is 0 Å². The minimum Gasteiger partial charge on any atom is -0.451 e. The molecule has 1 aliphatic heterocycles. The first-order valence-electron chi connectivity index (χ1n) is 6.62. The molecule has 0 aliphatic carbocycles. The van der Waals surface area contributed by atoms with E-state index in [1.54, 1.807) is 19.9 Å². The second-order valence-corrected chi connectivity index (χ2v) is 4.72. The molecule has 0 saturated carbocycles. The minimum absolute atomic E-state index is 0.437. The molecule has 116 valence electrons. The van der Waals surface area contributed by atoms with E-state index in [9.17, 15) is 19.8 Å². The number of esters is 2. The molecule has 2 N–H and O–H groups in total. The molecular formula is C15H20O6. The van der Waals surface area contributed by atoms with E-state index < -0.39 is 36.4 Å². The van der Waals surface area contributed by atoms with Crippen molar-refractivity contribution < 1.29 is 29.3 Å². The molecule has 0 bridgehead atoms. The number of hydrogen-bond acceptors (Lipinski definition) is 6. The zero-order valence-electron chi connectivity index (χ0n) is 12.2. The van der Waals surface area contributed by atoms with Gasteiger partial charge in [0.1, 0.15) is 0 Å². The predicted molar refractivity (Wildman–Crippen MR) is 75.2 cm³/mol. The van der Waals surface area contributed by atoms with Crippen molar-refractivity contribution in [3.05, 3.63) is 36.0 Å². The van der Waals surface area contributed by atoms with Gasteiger partial charge in [-0.2, -0.15) is 0 Å². The minimum atomic E-state index is -1.09. The maximum atomic E-state index is 11.7. The van der Waals surface area contributed by atoms with Crippen molar-refractivity contribution >= 4 is 11.9 Å². The maximum absolute atomic E-state index is 11.7. The largest absolute Gasteiger partial charge is 0.451 e.